The average Bonchev–Trinajstić information content (AvgIpc) is 2.28. The van der Waals surface area contributed by atoms with Crippen LogP contribution in [-0.2, 0) is 4.79 Å². The van der Waals surface area contributed by atoms with E-state index in [1.54, 1.807) is 0 Å². The predicted molar refractivity (Wildman–Crippen MR) is 46.6 cm³/mol. The summed E-state index contributed by atoms with van der Waals surface area (Å²) in [4.78, 5) is 17.2. The molecule has 11 heteroatoms. The molecule has 0 radical (unpaired) electrons. The Morgan fingerprint density at radius 2 is 1.47 bits per heavy atom. The van der Waals surface area contributed by atoms with Gasteiger partial charge in [-0.2, -0.15) is 30.7 Å². The summed E-state index contributed by atoms with van der Waals surface area (Å²) < 4.78 is 86.0. The third-order valence-corrected chi connectivity index (χ3v) is 1.83. The van der Waals surface area contributed by atoms with Crippen molar-refractivity contribution < 1.29 is 35.5 Å². The van der Waals surface area contributed by atoms with E-state index >= 15 is 0 Å². The van der Waals surface area contributed by atoms with Crippen LogP contribution in [-0.4, -0.2) is 33.9 Å². The standard InChI is InChI=1S/C8H4F7N3O/c9-6(10,7(11,12)8(13,14)15)4(19)18-5-16-2-1-3-17-5/h1-3H,(H,16,17,18,19). The van der Waals surface area contributed by atoms with Crippen molar-refractivity contribution in [1.29, 1.82) is 0 Å². The van der Waals surface area contributed by atoms with E-state index in [2.05, 4.69) is 9.97 Å². The smallest absolute Gasteiger partial charge is 0.289 e. The fourth-order valence-corrected chi connectivity index (χ4v) is 0.864. The average molecular weight is 291 g/mol. The molecule has 0 aliphatic rings. The molecule has 0 saturated carbocycles. The van der Waals surface area contributed by atoms with Gasteiger partial charge in [0, 0.05) is 12.4 Å². The molecule has 0 aliphatic carbocycles. The Balaban J connectivity index is 2.98. The quantitative estimate of drug-likeness (QED) is 0.869. The van der Waals surface area contributed by atoms with E-state index < -0.39 is 29.9 Å². The van der Waals surface area contributed by atoms with Crippen LogP contribution in [0.1, 0.15) is 0 Å². The minimum atomic E-state index is -6.58. The van der Waals surface area contributed by atoms with Crippen LogP contribution >= 0.6 is 0 Å². The number of aromatic nitrogens is 2. The number of hydrogen-bond donors (Lipinski definition) is 1. The topological polar surface area (TPSA) is 54.9 Å². The molecule has 0 atom stereocenters. The van der Waals surface area contributed by atoms with E-state index in [0.29, 0.717) is 0 Å². The summed E-state index contributed by atoms with van der Waals surface area (Å²) in [6.07, 6.45) is -4.66. The third-order valence-electron chi connectivity index (χ3n) is 1.83. The highest BCUT2D eigenvalue weighted by molar-refractivity contribution is 5.95. The molecule has 0 fully saturated rings. The van der Waals surface area contributed by atoms with Crippen molar-refractivity contribution in [1.82, 2.24) is 9.97 Å². The fourth-order valence-electron chi connectivity index (χ4n) is 0.864. The number of nitrogens with one attached hydrogen (secondary N) is 1. The van der Waals surface area contributed by atoms with Crippen LogP contribution in [0.3, 0.4) is 0 Å². The maximum atomic E-state index is 12.8. The lowest BCUT2D eigenvalue weighted by atomic mass is 10.1. The van der Waals surface area contributed by atoms with Gasteiger partial charge in [-0.25, -0.2) is 9.97 Å². The van der Waals surface area contributed by atoms with Crippen LogP contribution in [0, 0.1) is 0 Å². The Morgan fingerprint density at radius 1 is 1.00 bits per heavy atom. The lowest BCUT2D eigenvalue weighted by Crippen LogP contribution is -2.57. The zero-order valence-corrected chi connectivity index (χ0v) is 8.68. The second-order valence-electron chi connectivity index (χ2n) is 3.17. The van der Waals surface area contributed by atoms with E-state index in [1.807, 2.05) is 0 Å². The molecule has 106 valence electrons. The monoisotopic (exact) mass is 291 g/mol. The first kappa shape index (κ1) is 15.1. The number of hydrogen-bond acceptors (Lipinski definition) is 3. The molecule has 19 heavy (non-hydrogen) atoms. The maximum Gasteiger partial charge on any atom is 0.460 e. The van der Waals surface area contributed by atoms with Crippen molar-refractivity contribution in [2.24, 2.45) is 0 Å². The van der Waals surface area contributed by atoms with Gasteiger partial charge in [-0.05, 0) is 6.07 Å². The Bertz CT molecular complexity index is 459. The number of carbonyl (C=O) groups is 1. The summed E-state index contributed by atoms with van der Waals surface area (Å²) >= 11 is 0. The molecule has 0 aliphatic heterocycles. The molecule has 1 aromatic rings. The van der Waals surface area contributed by atoms with Gasteiger partial charge in [0.05, 0.1) is 0 Å². The SMILES string of the molecule is O=C(Nc1ncccn1)C(F)(F)C(F)(F)C(F)(F)F. The highest BCUT2D eigenvalue weighted by atomic mass is 19.4. The molecule has 0 unspecified atom stereocenters. The molecule has 1 rings (SSSR count). The molecule has 1 amide bonds. The zero-order chi connectivity index (χ0) is 14.9. The van der Waals surface area contributed by atoms with Gasteiger partial charge >= 0.3 is 23.9 Å². The van der Waals surface area contributed by atoms with Crippen LogP contribution in [0.5, 0.6) is 0 Å². The summed E-state index contributed by atoms with van der Waals surface area (Å²) in [5.41, 5.74) is 0. The van der Waals surface area contributed by atoms with Crippen LogP contribution in [0.4, 0.5) is 36.7 Å². The maximum absolute atomic E-state index is 12.8. The van der Waals surface area contributed by atoms with Gasteiger partial charge in [-0.3, -0.25) is 10.1 Å². The normalized spacial score (nSPS) is 13.2. The number of rotatable bonds is 3. The Kier molecular flexibility index (Phi) is 3.68. The Morgan fingerprint density at radius 3 is 1.89 bits per heavy atom. The van der Waals surface area contributed by atoms with Gasteiger partial charge in [0.25, 0.3) is 0 Å². The number of nitrogens with zero attached hydrogens (tertiary/aromatic N) is 2. The van der Waals surface area contributed by atoms with Crippen LogP contribution in [0.25, 0.3) is 0 Å². The first-order valence-corrected chi connectivity index (χ1v) is 4.41. The van der Waals surface area contributed by atoms with Gasteiger partial charge in [-0.1, -0.05) is 0 Å². The lowest BCUT2D eigenvalue weighted by Gasteiger charge is -2.26. The second kappa shape index (κ2) is 4.63. The van der Waals surface area contributed by atoms with Crippen LogP contribution in [0.2, 0.25) is 0 Å². The molecule has 0 aromatic carbocycles. The molecular weight excluding hydrogens is 287 g/mol. The number of amides is 1. The first-order chi connectivity index (χ1) is 8.50. The molecule has 1 heterocycles. The molecule has 0 bridgehead atoms. The van der Waals surface area contributed by atoms with Gasteiger partial charge in [-0.15, -0.1) is 0 Å². The van der Waals surface area contributed by atoms with E-state index in [4.69, 9.17) is 0 Å². The van der Waals surface area contributed by atoms with Gasteiger partial charge in [0.1, 0.15) is 0 Å². The minimum Gasteiger partial charge on any atom is -0.289 e. The largest absolute Gasteiger partial charge is 0.460 e. The molecule has 0 spiro atoms. The minimum absolute atomic E-state index is 0.829. The molecular formula is C8H4F7N3O. The zero-order valence-electron chi connectivity index (χ0n) is 8.68. The highest BCUT2D eigenvalue weighted by Crippen LogP contribution is 2.46. The third kappa shape index (κ3) is 2.74. The fraction of sp³-hybridized carbons (Fsp3) is 0.375. The summed E-state index contributed by atoms with van der Waals surface area (Å²) in [7, 11) is 0. The molecule has 4 nitrogen and oxygen atoms in total. The van der Waals surface area contributed by atoms with E-state index in [-0.39, 0.29) is 0 Å². The van der Waals surface area contributed by atoms with Crippen molar-refractivity contribution in [2.75, 3.05) is 5.32 Å². The summed E-state index contributed by atoms with van der Waals surface area (Å²) in [5.74, 6) is -16.2. The lowest BCUT2D eigenvalue weighted by molar-refractivity contribution is -0.343. The van der Waals surface area contributed by atoms with Crippen LogP contribution < -0.4 is 5.32 Å². The second-order valence-corrected chi connectivity index (χ2v) is 3.17. The number of carbonyl (C=O) groups excluding carboxylic acids is 1. The first-order valence-electron chi connectivity index (χ1n) is 4.41. The number of alkyl halides is 7. The van der Waals surface area contributed by atoms with Crippen molar-refractivity contribution in [3.63, 3.8) is 0 Å². The number of halogens is 7. The molecule has 1 aromatic heterocycles. The summed E-state index contributed by atoms with van der Waals surface area (Å²) in [6, 6.07) is 1.21. The van der Waals surface area contributed by atoms with E-state index in [9.17, 15) is 35.5 Å². The van der Waals surface area contributed by atoms with Crippen molar-refractivity contribution >= 4 is 11.9 Å². The van der Waals surface area contributed by atoms with E-state index in [0.717, 1.165) is 17.7 Å². The van der Waals surface area contributed by atoms with Gasteiger partial charge < -0.3 is 0 Å². The predicted octanol–water partition coefficient (Wildman–Crippen LogP) is 2.25. The Labute approximate surface area is 100 Å². The van der Waals surface area contributed by atoms with Gasteiger partial charge in [0.2, 0.25) is 5.95 Å². The highest BCUT2D eigenvalue weighted by Gasteiger charge is 2.76. The van der Waals surface area contributed by atoms with Crippen LogP contribution in [0.15, 0.2) is 18.5 Å². The summed E-state index contributed by atoms with van der Waals surface area (Å²) in [5, 5.41) is 1.07. The van der Waals surface area contributed by atoms with Crippen molar-refractivity contribution in [3.05, 3.63) is 18.5 Å². The van der Waals surface area contributed by atoms with E-state index in [1.165, 1.54) is 6.07 Å². The van der Waals surface area contributed by atoms with Crippen molar-refractivity contribution in [2.45, 2.75) is 18.0 Å². The molecule has 1 N–H and O–H groups in total. The van der Waals surface area contributed by atoms with Crippen molar-refractivity contribution in [3.8, 4) is 0 Å². The number of anilines is 1. The Hall–Kier alpha value is -1.94. The van der Waals surface area contributed by atoms with Gasteiger partial charge in [0.15, 0.2) is 0 Å². The summed E-state index contributed by atoms with van der Waals surface area (Å²) in [6.45, 7) is 0. The molecule has 0 saturated heterocycles.